The van der Waals surface area contributed by atoms with Crippen molar-refractivity contribution in [2.24, 2.45) is 0 Å². The van der Waals surface area contributed by atoms with Crippen molar-refractivity contribution in [1.29, 1.82) is 0 Å². The number of nitrogens with one attached hydrogen (secondary N) is 1. The van der Waals surface area contributed by atoms with Crippen LogP contribution in [0.4, 0.5) is 0 Å². The minimum atomic E-state index is -0.449. The molecule has 1 aromatic rings. The van der Waals surface area contributed by atoms with Gasteiger partial charge < -0.3 is 24.6 Å². The van der Waals surface area contributed by atoms with Crippen LogP contribution in [0.25, 0.3) is 0 Å². The standard InChI is InChI=1S/C15H23NO4/c1-2-18-11-13(17)10-16-6-5-12-3-4-14-15(9-12)20-8-7-19-14/h3-4,9,13,16-17H,2,5-8,10-11H2,1H3. The molecular formula is C15H23NO4. The van der Waals surface area contributed by atoms with Crippen molar-refractivity contribution in [3.05, 3.63) is 23.8 Å². The Kier molecular flexibility index (Phi) is 6.11. The van der Waals surface area contributed by atoms with E-state index in [9.17, 15) is 5.11 Å². The van der Waals surface area contributed by atoms with Crippen molar-refractivity contribution < 1.29 is 19.3 Å². The van der Waals surface area contributed by atoms with Gasteiger partial charge in [0.15, 0.2) is 11.5 Å². The zero-order valence-electron chi connectivity index (χ0n) is 11.9. The van der Waals surface area contributed by atoms with Gasteiger partial charge in [-0.2, -0.15) is 0 Å². The van der Waals surface area contributed by atoms with Crippen LogP contribution in [0.1, 0.15) is 12.5 Å². The van der Waals surface area contributed by atoms with E-state index in [1.807, 2.05) is 25.1 Å². The molecule has 0 spiro atoms. The average Bonchev–Trinajstić information content (AvgIpc) is 2.49. The molecule has 2 rings (SSSR count). The van der Waals surface area contributed by atoms with Crippen molar-refractivity contribution in [2.75, 3.05) is 39.5 Å². The summed E-state index contributed by atoms with van der Waals surface area (Å²) in [5.41, 5.74) is 1.20. The summed E-state index contributed by atoms with van der Waals surface area (Å²) in [6, 6.07) is 6.02. The van der Waals surface area contributed by atoms with E-state index in [0.717, 1.165) is 24.5 Å². The molecular weight excluding hydrogens is 258 g/mol. The summed E-state index contributed by atoms with van der Waals surface area (Å²) in [4.78, 5) is 0. The van der Waals surface area contributed by atoms with Crippen LogP contribution in [-0.4, -0.2) is 50.7 Å². The maximum absolute atomic E-state index is 9.61. The minimum absolute atomic E-state index is 0.382. The molecule has 0 bridgehead atoms. The van der Waals surface area contributed by atoms with Gasteiger partial charge in [0.2, 0.25) is 0 Å². The zero-order valence-corrected chi connectivity index (χ0v) is 11.9. The van der Waals surface area contributed by atoms with E-state index in [1.54, 1.807) is 0 Å². The fraction of sp³-hybridized carbons (Fsp3) is 0.600. The lowest BCUT2D eigenvalue weighted by Gasteiger charge is -2.19. The second-order valence-corrected chi connectivity index (χ2v) is 4.75. The molecule has 5 nitrogen and oxygen atoms in total. The fourth-order valence-corrected chi connectivity index (χ4v) is 2.06. The Morgan fingerprint density at radius 1 is 1.30 bits per heavy atom. The zero-order chi connectivity index (χ0) is 14.2. The van der Waals surface area contributed by atoms with Crippen molar-refractivity contribution in [1.82, 2.24) is 5.32 Å². The molecule has 1 aliphatic rings. The average molecular weight is 281 g/mol. The monoisotopic (exact) mass is 281 g/mol. The highest BCUT2D eigenvalue weighted by atomic mass is 16.6. The van der Waals surface area contributed by atoms with Crippen LogP contribution < -0.4 is 14.8 Å². The molecule has 0 saturated carbocycles. The van der Waals surface area contributed by atoms with Crippen molar-refractivity contribution in [3.63, 3.8) is 0 Å². The van der Waals surface area contributed by atoms with Crippen molar-refractivity contribution >= 4 is 0 Å². The summed E-state index contributed by atoms with van der Waals surface area (Å²) in [6.45, 7) is 5.52. The van der Waals surface area contributed by atoms with E-state index in [-0.39, 0.29) is 0 Å². The highest BCUT2D eigenvalue weighted by molar-refractivity contribution is 5.43. The molecule has 0 fully saturated rings. The van der Waals surface area contributed by atoms with E-state index < -0.39 is 6.10 Å². The fourth-order valence-electron chi connectivity index (χ4n) is 2.06. The first-order chi connectivity index (χ1) is 9.79. The summed E-state index contributed by atoms with van der Waals surface area (Å²) < 4.78 is 16.2. The topological polar surface area (TPSA) is 60.0 Å². The van der Waals surface area contributed by atoms with E-state index in [0.29, 0.717) is 33.0 Å². The molecule has 1 aliphatic heterocycles. The summed E-state index contributed by atoms with van der Waals surface area (Å²) in [6.07, 6.45) is 0.438. The first kappa shape index (κ1) is 15.1. The predicted molar refractivity (Wildman–Crippen MR) is 76.5 cm³/mol. The van der Waals surface area contributed by atoms with Crippen molar-refractivity contribution in [3.8, 4) is 11.5 Å². The van der Waals surface area contributed by atoms with E-state index in [1.165, 1.54) is 5.56 Å². The van der Waals surface area contributed by atoms with Crippen LogP contribution in [0.5, 0.6) is 11.5 Å². The van der Waals surface area contributed by atoms with Gasteiger partial charge in [0.1, 0.15) is 13.2 Å². The lowest BCUT2D eigenvalue weighted by molar-refractivity contribution is 0.0430. The van der Waals surface area contributed by atoms with Gasteiger partial charge in [0, 0.05) is 13.2 Å². The molecule has 1 unspecified atom stereocenters. The van der Waals surface area contributed by atoms with Gasteiger partial charge in [-0.25, -0.2) is 0 Å². The third-order valence-electron chi connectivity index (χ3n) is 3.09. The Balaban J connectivity index is 1.69. The molecule has 5 heteroatoms. The van der Waals surface area contributed by atoms with Gasteiger partial charge in [0.05, 0.1) is 12.7 Å². The predicted octanol–water partition coefficient (Wildman–Crippen LogP) is 0.987. The van der Waals surface area contributed by atoms with Gasteiger partial charge in [-0.1, -0.05) is 6.07 Å². The van der Waals surface area contributed by atoms with Gasteiger partial charge in [0.25, 0.3) is 0 Å². The van der Waals surface area contributed by atoms with Crippen LogP contribution in [0, 0.1) is 0 Å². The second-order valence-electron chi connectivity index (χ2n) is 4.75. The largest absolute Gasteiger partial charge is 0.486 e. The van der Waals surface area contributed by atoms with E-state index in [4.69, 9.17) is 14.2 Å². The lowest BCUT2D eigenvalue weighted by atomic mass is 10.1. The van der Waals surface area contributed by atoms with Crippen molar-refractivity contribution in [2.45, 2.75) is 19.4 Å². The SMILES string of the molecule is CCOCC(O)CNCCc1ccc2c(c1)OCCO2. The number of rotatable bonds is 8. The second kappa shape index (κ2) is 8.09. The first-order valence-corrected chi connectivity index (χ1v) is 7.14. The summed E-state index contributed by atoms with van der Waals surface area (Å²) in [5, 5.41) is 12.8. The molecule has 0 aliphatic carbocycles. The summed E-state index contributed by atoms with van der Waals surface area (Å²) in [5.74, 6) is 1.64. The maximum atomic E-state index is 9.61. The third-order valence-corrected chi connectivity index (χ3v) is 3.09. The number of aliphatic hydroxyl groups is 1. The van der Waals surface area contributed by atoms with Gasteiger partial charge in [-0.3, -0.25) is 0 Å². The maximum Gasteiger partial charge on any atom is 0.161 e. The minimum Gasteiger partial charge on any atom is -0.486 e. The van der Waals surface area contributed by atoms with Crippen LogP contribution in [0.3, 0.4) is 0 Å². The van der Waals surface area contributed by atoms with Crippen LogP contribution in [-0.2, 0) is 11.2 Å². The Labute approximate surface area is 119 Å². The smallest absolute Gasteiger partial charge is 0.161 e. The number of aliphatic hydroxyl groups excluding tert-OH is 1. The van der Waals surface area contributed by atoms with Crippen LogP contribution >= 0.6 is 0 Å². The summed E-state index contributed by atoms with van der Waals surface area (Å²) in [7, 11) is 0. The molecule has 20 heavy (non-hydrogen) atoms. The first-order valence-electron chi connectivity index (χ1n) is 7.14. The Bertz CT molecular complexity index is 411. The van der Waals surface area contributed by atoms with Gasteiger partial charge in [-0.15, -0.1) is 0 Å². The number of fused-ring (bicyclic) bond motifs is 1. The molecule has 112 valence electrons. The quantitative estimate of drug-likeness (QED) is 0.696. The van der Waals surface area contributed by atoms with Gasteiger partial charge >= 0.3 is 0 Å². The normalized spacial score (nSPS) is 15.1. The Morgan fingerprint density at radius 3 is 2.90 bits per heavy atom. The van der Waals surface area contributed by atoms with E-state index >= 15 is 0 Å². The molecule has 2 N–H and O–H groups in total. The molecule has 0 saturated heterocycles. The van der Waals surface area contributed by atoms with Gasteiger partial charge in [-0.05, 0) is 37.6 Å². The number of hydrogen-bond donors (Lipinski definition) is 2. The lowest BCUT2D eigenvalue weighted by Crippen LogP contribution is -2.31. The molecule has 0 radical (unpaired) electrons. The Morgan fingerprint density at radius 2 is 2.10 bits per heavy atom. The Hall–Kier alpha value is -1.30. The summed E-state index contributed by atoms with van der Waals surface area (Å²) >= 11 is 0. The molecule has 1 aromatic carbocycles. The number of hydrogen-bond acceptors (Lipinski definition) is 5. The van der Waals surface area contributed by atoms with Crippen LogP contribution in [0.2, 0.25) is 0 Å². The molecule has 1 heterocycles. The van der Waals surface area contributed by atoms with Crippen LogP contribution in [0.15, 0.2) is 18.2 Å². The highest BCUT2D eigenvalue weighted by Crippen LogP contribution is 2.30. The number of benzene rings is 1. The molecule has 0 aromatic heterocycles. The molecule has 1 atom stereocenters. The van der Waals surface area contributed by atoms with E-state index in [2.05, 4.69) is 5.32 Å². The molecule has 0 amide bonds. The number of ether oxygens (including phenoxy) is 3. The third kappa shape index (κ3) is 4.67. The highest BCUT2D eigenvalue weighted by Gasteiger charge is 2.11.